The molecule has 27 heavy (non-hydrogen) atoms. The van der Waals surface area contributed by atoms with Crippen molar-refractivity contribution in [1.29, 1.82) is 0 Å². The molecule has 1 N–H and O–H groups in total. The number of benzene rings is 2. The van der Waals surface area contributed by atoms with Gasteiger partial charge in [0.2, 0.25) is 10.0 Å². The van der Waals surface area contributed by atoms with E-state index in [4.69, 9.17) is 9.47 Å². The summed E-state index contributed by atoms with van der Waals surface area (Å²) < 4.78 is 39.6. The van der Waals surface area contributed by atoms with Crippen molar-refractivity contribution >= 4 is 10.0 Å². The molecule has 0 amide bonds. The van der Waals surface area contributed by atoms with Crippen molar-refractivity contribution in [2.45, 2.75) is 37.0 Å². The molecule has 0 bridgehead atoms. The van der Waals surface area contributed by atoms with Gasteiger partial charge in [0.15, 0.2) is 0 Å². The first-order chi connectivity index (χ1) is 13.0. The molecule has 1 heterocycles. The number of rotatable bonds is 7. The Morgan fingerprint density at radius 2 is 1.81 bits per heavy atom. The second kappa shape index (κ2) is 8.42. The van der Waals surface area contributed by atoms with Gasteiger partial charge in [-0.15, -0.1) is 0 Å². The molecule has 1 aliphatic rings. The fourth-order valence-corrected chi connectivity index (χ4v) is 4.76. The number of hydrogen-bond donors (Lipinski definition) is 1. The minimum absolute atomic E-state index is 0.243. The van der Waals surface area contributed by atoms with E-state index in [0.717, 1.165) is 24.0 Å². The van der Waals surface area contributed by atoms with E-state index in [1.165, 1.54) is 0 Å². The summed E-state index contributed by atoms with van der Waals surface area (Å²) >= 11 is 0. The van der Waals surface area contributed by atoms with E-state index in [1.54, 1.807) is 18.2 Å². The van der Waals surface area contributed by atoms with Gasteiger partial charge >= 0.3 is 0 Å². The quantitative estimate of drug-likeness (QED) is 0.788. The maximum atomic E-state index is 12.9. The molecule has 0 saturated carbocycles. The first kappa shape index (κ1) is 19.9. The lowest BCUT2D eigenvalue weighted by Gasteiger charge is -2.37. The Labute approximate surface area is 161 Å². The number of sulfonamides is 1. The fourth-order valence-electron chi connectivity index (χ4n) is 3.54. The van der Waals surface area contributed by atoms with Crippen LogP contribution >= 0.6 is 0 Å². The van der Waals surface area contributed by atoms with Crippen LogP contribution in [0.4, 0.5) is 0 Å². The first-order valence-corrected chi connectivity index (χ1v) is 10.8. The third kappa shape index (κ3) is 4.51. The van der Waals surface area contributed by atoms with Gasteiger partial charge in [-0.05, 0) is 56.0 Å². The summed E-state index contributed by atoms with van der Waals surface area (Å²) in [5, 5.41) is 0. The molecule has 1 saturated heterocycles. The van der Waals surface area contributed by atoms with Crippen molar-refractivity contribution in [3.05, 3.63) is 59.7 Å². The largest absolute Gasteiger partial charge is 0.494 e. The lowest BCUT2D eigenvalue weighted by atomic mass is 9.74. The number of hydrogen-bond acceptors (Lipinski definition) is 4. The van der Waals surface area contributed by atoms with Crippen LogP contribution in [-0.2, 0) is 20.2 Å². The molecule has 2 aromatic rings. The van der Waals surface area contributed by atoms with E-state index in [0.29, 0.717) is 32.1 Å². The van der Waals surface area contributed by atoms with Crippen molar-refractivity contribution in [3.63, 3.8) is 0 Å². The molecule has 1 aliphatic heterocycles. The molecule has 5 nitrogen and oxygen atoms in total. The number of aryl methyl sites for hydroxylation is 1. The monoisotopic (exact) mass is 389 g/mol. The highest BCUT2D eigenvalue weighted by atomic mass is 32.2. The van der Waals surface area contributed by atoms with E-state index >= 15 is 0 Å². The van der Waals surface area contributed by atoms with Gasteiger partial charge in [0.1, 0.15) is 5.75 Å². The Morgan fingerprint density at radius 1 is 1.11 bits per heavy atom. The van der Waals surface area contributed by atoms with Crippen LogP contribution in [0.5, 0.6) is 5.75 Å². The molecule has 0 atom stereocenters. The topological polar surface area (TPSA) is 64.6 Å². The summed E-state index contributed by atoms with van der Waals surface area (Å²) in [5.74, 6) is 0.710. The third-order valence-electron chi connectivity index (χ3n) is 5.19. The van der Waals surface area contributed by atoms with Crippen LogP contribution in [0.1, 0.15) is 30.9 Å². The second-order valence-electron chi connectivity index (χ2n) is 6.94. The molecule has 2 aromatic carbocycles. The van der Waals surface area contributed by atoms with Crippen LogP contribution in [0.3, 0.4) is 0 Å². The second-order valence-corrected chi connectivity index (χ2v) is 8.71. The molecule has 0 spiro atoms. The van der Waals surface area contributed by atoms with Crippen molar-refractivity contribution in [2.24, 2.45) is 0 Å². The molecule has 0 unspecified atom stereocenters. The van der Waals surface area contributed by atoms with Crippen LogP contribution in [0.25, 0.3) is 0 Å². The first-order valence-electron chi connectivity index (χ1n) is 9.33. The molecular weight excluding hydrogens is 362 g/mol. The minimum atomic E-state index is -3.61. The summed E-state index contributed by atoms with van der Waals surface area (Å²) in [6.45, 7) is 5.94. The predicted molar refractivity (Wildman–Crippen MR) is 106 cm³/mol. The standard InChI is InChI=1S/C21H27NO4S/c1-3-26-20-10-9-19(15-17(20)2)27(23,24)22-16-21(11-13-25-14-12-21)18-7-5-4-6-8-18/h4-10,15,22H,3,11-14,16H2,1-2H3. The Hall–Kier alpha value is -1.89. The molecule has 146 valence electrons. The third-order valence-corrected chi connectivity index (χ3v) is 6.59. The highest BCUT2D eigenvalue weighted by Crippen LogP contribution is 2.34. The van der Waals surface area contributed by atoms with Gasteiger partial charge in [-0.25, -0.2) is 13.1 Å². The van der Waals surface area contributed by atoms with Crippen molar-refractivity contribution < 1.29 is 17.9 Å². The molecular formula is C21H27NO4S. The van der Waals surface area contributed by atoms with E-state index in [1.807, 2.05) is 32.0 Å². The molecule has 6 heteroatoms. The van der Waals surface area contributed by atoms with Gasteiger partial charge in [-0.2, -0.15) is 0 Å². The molecule has 3 rings (SSSR count). The van der Waals surface area contributed by atoms with Gasteiger partial charge in [-0.1, -0.05) is 30.3 Å². The average Bonchev–Trinajstić information content (AvgIpc) is 2.69. The van der Waals surface area contributed by atoms with Gasteiger partial charge in [0.05, 0.1) is 11.5 Å². The Bertz CT molecular complexity index is 859. The molecule has 0 aromatic heterocycles. The van der Waals surface area contributed by atoms with Crippen LogP contribution in [-0.4, -0.2) is 34.8 Å². The number of ether oxygens (including phenoxy) is 2. The smallest absolute Gasteiger partial charge is 0.240 e. The van der Waals surface area contributed by atoms with Crippen molar-refractivity contribution in [2.75, 3.05) is 26.4 Å². The van der Waals surface area contributed by atoms with E-state index in [2.05, 4.69) is 16.9 Å². The van der Waals surface area contributed by atoms with Crippen molar-refractivity contribution in [3.8, 4) is 5.75 Å². The zero-order valence-corrected chi connectivity index (χ0v) is 16.7. The van der Waals surface area contributed by atoms with Gasteiger partial charge in [0.25, 0.3) is 0 Å². The van der Waals surface area contributed by atoms with Crippen LogP contribution in [0, 0.1) is 6.92 Å². The lowest BCUT2D eigenvalue weighted by molar-refractivity contribution is 0.0517. The minimum Gasteiger partial charge on any atom is -0.494 e. The summed E-state index contributed by atoms with van der Waals surface area (Å²) in [5.41, 5.74) is 1.72. The highest BCUT2D eigenvalue weighted by molar-refractivity contribution is 7.89. The SMILES string of the molecule is CCOc1ccc(S(=O)(=O)NCC2(c3ccccc3)CCOCC2)cc1C. The Balaban J connectivity index is 1.81. The predicted octanol–water partition coefficient (Wildman–Crippen LogP) is 3.42. The normalized spacial score (nSPS) is 16.8. The van der Waals surface area contributed by atoms with Crippen molar-refractivity contribution in [1.82, 2.24) is 4.72 Å². The maximum absolute atomic E-state index is 12.9. The van der Waals surface area contributed by atoms with E-state index < -0.39 is 10.0 Å². The van der Waals surface area contributed by atoms with Gasteiger partial charge in [-0.3, -0.25) is 0 Å². The van der Waals surface area contributed by atoms with Crippen LogP contribution in [0.2, 0.25) is 0 Å². The molecule has 1 fully saturated rings. The Kier molecular flexibility index (Phi) is 6.19. The zero-order valence-electron chi connectivity index (χ0n) is 15.9. The average molecular weight is 390 g/mol. The zero-order chi connectivity index (χ0) is 19.3. The maximum Gasteiger partial charge on any atom is 0.240 e. The van der Waals surface area contributed by atoms with Crippen LogP contribution < -0.4 is 9.46 Å². The van der Waals surface area contributed by atoms with E-state index in [9.17, 15) is 8.42 Å². The fraction of sp³-hybridized carbons (Fsp3) is 0.429. The Morgan fingerprint density at radius 3 is 2.44 bits per heavy atom. The van der Waals surface area contributed by atoms with Crippen LogP contribution in [0.15, 0.2) is 53.4 Å². The molecule has 0 aliphatic carbocycles. The lowest BCUT2D eigenvalue weighted by Crippen LogP contribution is -2.44. The summed E-state index contributed by atoms with van der Waals surface area (Å²) in [7, 11) is -3.61. The molecule has 0 radical (unpaired) electrons. The summed E-state index contributed by atoms with van der Waals surface area (Å²) in [4.78, 5) is 0.263. The van der Waals surface area contributed by atoms with E-state index in [-0.39, 0.29) is 10.3 Å². The summed E-state index contributed by atoms with van der Waals surface area (Å²) in [6, 6.07) is 15.1. The highest BCUT2D eigenvalue weighted by Gasteiger charge is 2.35. The van der Waals surface area contributed by atoms with Gasteiger partial charge < -0.3 is 9.47 Å². The number of nitrogens with one attached hydrogen (secondary N) is 1. The van der Waals surface area contributed by atoms with Gasteiger partial charge in [0, 0.05) is 25.2 Å². The summed E-state index contributed by atoms with van der Waals surface area (Å²) in [6.07, 6.45) is 1.59.